The Balaban J connectivity index is 2.08. The van der Waals surface area contributed by atoms with E-state index in [1.165, 1.54) is 19.3 Å². The highest BCUT2D eigenvalue weighted by Crippen LogP contribution is 2.28. The number of rotatable bonds is 5. The summed E-state index contributed by atoms with van der Waals surface area (Å²) in [5, 5.41) is -0.336. The molecule has 1 aliphatic rings. The van der Waals surface area contributed by atoms with E-state index in [1.54, 1.807) is 0 Å². The van der Waals surface area contributed by atoms with E-state index in [-0.39, 0.29) is 5.21 Å². The Bertz CT molecular complexity index is 224. The van der Waals surface area contributed by atoms with E-state index in [0.29, 0.717) is 6.54 Å². The number of hydrogen-bond donors (Lipinski definition) is 1. The molecule has 0 aromatic rings. The molecule has 0 unspecified atom stereocenters. The minimum absolute atomic E-state index is 0.336. The lowest BCUT2D eigenvalue weighted by molar-refractivity contribution is 0.297. The SMILES string of the molecule is O=S(=O)(CCl)NCCC1CCC1. The second-order valence-corrected chi connectivity index (χ2v) is 5.59. The topological polar surface area (TPSA) is 46.2 Å². The van der Waals surface area contributed by atoms with Crippen molar-refractivity contribution in [2.24, 2.45) is 5.92 Å². The van der Waals surface area contributed by atoms with Gasteiger partial charge in [-0.15, -0.1) is 11.6 Å². The summed E-state index contributed by atoms with van der Waals surface area (Å²) in [5.41, 5.74) is 0. The molecule has 0 amide bonds. The predicted octanol–water partition coefficient (Wildman–Crippen LogP) is 1.29. The third-order valence-corrected chi connectivity index (χ3v) is 4.04. The molecule has 5 heteroatoms. The first kappa shape index (κ1) is 10.3. The Hall–Kier alpha value is 0.200. The van der Waals surface area contributed by atoms with Crippen LogP contribution in [0.2, 0.25) is 0 Å². The van der Waals surface area contributed by atoms with Gasteiger partial charge in [0.05, 0.1) is 0 Å². The maximum absolute atomic E-state index is 10.8. The zero-order valence-electron chi connectivity index (χ0n) is 6.92. The van der Waals surface area contributed by atoms with Crippen molar-refractivity contribution in [2.45, 2.75) is 25.7 Å². The minimum atomic E-state index is -3.18. The van der Waals surface area contributed by atoms with Gasteiger partial charge in [0.25, 0.3) is 0 Å². The molecular weight excluding hydrogens is 198 g/mol. The first-order valence-corrected chi connectivity index (χ1v) is 6.36. The molecule has 1 rings (SSSR count). The molecule has 72 valence electrons. The van der Waals surface area contributed by atoms with Crippen LogP contribution in [0.3, 0.4) is 0 Å². The van der Waals surface area contributed by atoms with Gasteiger partial charge in [-0.1, -0.05) is 19.3 Å². The first-order chi connectivity index (χ1) is 5.64. The molecule has 12 heavy (non-hydrogen) atoms. The molecular formula is C7H14ClNO2S. The summed E-state index contributed by atoms with van der Waals surface area (Å²) in [7, 11) is -3.18. The fourth-order valence-corrected chi connectivity index (χ4v) is 1.98. The standard InChI is InChI=1S/C7H14ClNO2S/c8-6-12(10,11)9-5-4-7-2-1-3-7/h7,9H,1-6H2. The first-order valence-electron chi connectivity index (χ1n) is 4.17. The molecule has 0 saturated heterocycles. The second kappa shape index (κ2) is 4.44. The highest BCUT2D eigenvalue weighted by molar-refractivity contribution is 7.90. The molecule has 0 aromatic heterocycles. The van der Waals surface area contributed by atoms with Crippen LogP contribution in [0.15, 0.2) is 0 Å². The molecule has 1 saturated carbocycles. The fourth-order valence-electron chi connectivity index (χ4n) is 1.24. The Morgan fingerprint density at radius 3 is 2.50 bits per heavy atom. The predicted molar refractivity (Wildman–Crippen MR) is 49.6 cm³/mol. The van der Waals surface area contributed by atoms with Crippen molar-refractivity contribution in [3.8, 4) is 0 Å². The Kier molecular flexibility index (Phi) is 3.80. The van der Waals surface area contributed by atoms with Crippen LogP contribution < -0.4 is 4.72 Å². The van der Waals surface area contributed by atoms with Crippen LogP contribution in [0.25, 0.3) is 0 Å². The van der Waals surface area contributed by atoms with Gasteiger partial charge in [0.2, 0.25) is 10.0 Å². The molecule has 0 spiro atoms. The highest BCUT2D eigenvalue weighted by Gasteiger charge is 2.17. The minimum Gasteiger partial charge on any atom is -0.214 e. The summed E-state index contributed by atoms with van der Waals surface area (Å²) >= 11 is 5.21. The van der Waals surface area contributed by atoms with Gasteiger partial charge in [-0.05, 0) is 12.3 Å². The summed E-state index contributed by atoms with van der Waals surface area (Å²) in [5.74, 6) is 0.739. The van der Waals surface area contributed by atoms with Gasteiger partial charge >= 0.3 is 0 Å². The van der Waals surface area contributed by atoms with Crippen molar-refractivity contribution in [1.29, 1.82) is 0 Å². The summed E-state index contributed by atoms with van der Waals surface area (Å²) in [6.45, 7) is 0.541. The maximum atomic E-state index is 10.8. The lowest BCUT2D eigenvalue weighted by Gasteiger charge is -2.24. The average molecular weight is 212 g/mol. The van der Waals surface area contributed by atoms with Gasteiger partial charge in [0, 0.05) is 6.54 Å². The van der Waals surface area contributed by atoms with Gasteiger partial charge in [-0.25, -0.2) is 13.1 Å². The van der Waals surface area contributed by atoms with Crippen molar-refractivity contribution in [3.63, 3.8) is 0 Å². The van der Waals surface area contributed by atoms with E-state index in [4.69, 9.17) is 11.6 Å². The van der Waals surface area contributed by atoms with Gasteiger partial charge in [-0.3, -0.25) is 0 Å². The fraction of sp³-hybridized carbons (Fsp3) is 1.00. The quantitative estimate of drug-likeness (QED) is 0.697. The molecule has 0 heterocycles. The molecule has 0 aromatic carbocycles. The average Bonchev–Trinajstić information content (AvgIpc) is 1.95. The van der Waals surface area contributed by atoms with Crippen LogP contribution >= 0.6 is 11.6 Å². The normalized spacial score (nSPS) is 19.1. The van der Waals surface area contributed by atoms with Crippen molar-refractivity contribution < 1.29 is 8.42 Å². The van der Waals surface area contributed by atoms with Crippen LogP contribution in [0, 0.1) is 5.92 Å². The number of hydrogen-bond acceptors (Lipinski definition) is 2. The Labute approximate surface area is 78.5 Å². The number of nitrogens with one attached hydrogen (secondary N) is 1. The van der Waals surface area contributed by atoms with Crippen molar-refractivity contribution in [3.05, 3.63) is 0 Å². The number of halogens is 1. The molecule has 3 nitrogen and oxygen atoms in total. The third kappa shape index (κ3) is 3.29. The second-order valence-electron chi connectivity index (χ2n) is 3.20. The lowest BCUT2D eigenvalue weighted by Crippen LogP contribution is -2.28. The smallest absolute Gasteiger partial charge is 0.214 e. The number of sulfonamides is 1. The van der Waals surface area contributed by atoms with E-state index >= 15 is 0 Å². The molecule has 0 bridgehead atoms. The summed E-state index contributed by atoms with van der Waals surface area (Å²) < 4.78 is 24.1. The van der Waals surface area contributed by atoms with Crippen molar-refractivity contribution in [2.75, 3.05) is 11.8 Å². The zero-order chi connectivity index (χ0) is 9.03. The van der Waals surface area contributed by atoms with E-state index in [9.17, 15) is 8.42 Å². The van der Waals surface area contributed by atoms with Crippen molar-refractivity contribution >= 4 is 21.6 Å². The van der Waals surface area contributed by atoms with E-state index < -0.39 is 10.0 Å². The molecule has 0 atom stereocenters. The zero-order valence-corrected chi connectivity index (χ0v) is 8.50. The summed E-state index contributed by atoms with van der Waals surface area (Å²) in [6, 6.07) is 0. The molecule has 1 aliphatic carbocycles. The monoisotopic (exact) mass is 211 g/mol. The highest BCUT2D eigenvalue weighted by atomic mass is 35.5. The third-order valence-electron chi connectivity index (χ3n) is 2.24. The van der Waals surface area contributed by atoms with Crippen LogP contribution in [-0.4, -0.2) is 20.2 Å². The van der Waals surface area contributed by atoms with Crippen LogP contribution in [-0.2, 0) is 10.0 Å². The molecule has 0 aliphatic heterocycles. The maximum Gasteiger partial charge on any atom is 0.225 e. The number of alkyl halides is 1. The Morgan fingerprint density at radius 2 is 2.08 bits per heavy atom. The van der Waals surface area contributed by atoms with E-state index in [2.05, 4.69) is 4.72 Å². The van der Waals surface area contributed by atoms with Crippen LogP contribution in [0.1, 0.15) is 25.7 Å². The Morgan fingerprint density at radius 1 is 1.42 bits per heavy atom. The largest absolute Gasteiger partial charge is 0.225 e. The van der Waals surface area contributed by atoms with Crippen LogP contribution in [0.4, 0.5) is 0 Å². The van der Waals surface area contributed by atoms with Gasteiger partial charge in [0.1, 0.15) is 5.21 Å². The van der Waals surface area contributed by atoms with Gasteiger partial charge in [0.15, 0.2) is 0 Å². The molecule has 1 N–H and O–H groups in total. The van der Waals surface area contributed by atoms with Gasteiger partial charge < -0.3 is 0 Å². The molecule has 1 fully saturated rings. The summed E-state index contributed by atoms with van der Waals surface area (Å²) in [4.78, 5) is 0. The molecule has 0 radical (unpaired) electrons. The lowest BCUT2D eigenvalue weighted by atomic mass is 9.83. The van der Waals surface area contributed by atoms with E-state index in [0.717, 1.165) is 12.3 Å². The van der Waals surface area contributed by atoms with E-state index in [1.807, 2.05) is 0 Å². The van der Waals surface area contributed by atoms with Crippen LogP contribution in [0.5, 0.6) is 0 Å². The van der Waals surface area contributed by atoms with Crippen molar-refractivity contribution in [1.82, 2.24) is 4.72 Å². The summed E-state index contributed by atoms with van der Waals surface area (Å²) in [6.07, 6.45) is 4.76. The van der Waals surface area contributed by atoms with Gasteiger partial charge in [-0.2, -0.15) is 0 Å².